The van der Waals surface area contributed by atoms with E-state index in [4.69, 9.17) is 0 Å². The molecule has 0 radical (unpaired) electrons. The second kappa shape index (κ2) is 7.09. The third-order valence-electron chi connectivity index (χ3n) is 3.82. The van der Waals surface area contributed by atoms with Gasteiger partial charge < -0.3 is 10.2 Å². The van der Waals surface area contributed by atoms with E-state index < -0.39 is 0 Å². The van der Waals surface area contributed by atoms with Gasteiger partial charge in [-0.2, -0.15) is 0 Å². The van der Waals surface area contributed by atoms with E-state index in [1.807, 2.05) is 63.2 Å². The van der Waals surface area contributed by atoms with Crippen LogP contribution in [0.3, 0.4) is 0 Å². The average Bonchev–Trinajstić information content (AvgIpc) is 2.49. The first-order valence-corrected chi connectivity index (χ1v) is 7.58. The Balaban J connectivity index is 2.10. The Hall–Kier alpha value is -2.62. The van der Waals surface area contributed by atoms with E-state index in [0.29, 0.717) is 0 Å². The minimum absolute atomic E-state index is 0.00861. The number of benzene rings is 2. The lowest BCUT2D eigenvalue weighted by atomic mass is 10.1. The molecule has 0 unspecified atom stereocenters. The first-order chi connectivity index (χ1) is 10.9. The molecule has 0 bridgehead atoms. The molecule has 0 fully saturated rings. The summed E-state index contributed by atoms with van der Waals surface area (Å²) < 4.78 is 0. The highest BCUT2D eigenvalue weighted by Crippen LogP contribution is 2.17. The van der Waals surface area contributed by atoms with Crippen LogP contribution in [-0.2, 0) is 9.59 Å². The molecule has 4 nitrogen and oxygen atoms in total. The lowest BCUT2D eigenvalue weighted by molar-refractivity contribution is -0.120. The molecule has 2 amide bonds. The molecule has 0 aromatic heterocycles. The van der Waals surface area contributed by atoms with Crippen LogP contribution in [0.15, 0.2) is 42.5 Å². The second-order valence-electron chi connectivity index (χ2n) is 5.79. The summed E-state index contributed by atoms with van der Waals surface area (Å²) in [6.45, 7) is 7.46. The van der Waals surface area contributed by atoms with Gasteiger partial charge in [-0.25, -0.2) is 0 Å². The predicted molar refractivity (Wildman–Crippen MR) is 93.8 cm³/mol. The van der Waals surface area contributed by atoms with Crippen LogP contribution in [-0.4, -0.2) is 18.4 Å². The average molecular weight is 310 g/mol. The van der Waals surface area contributed by atoms with Crippen LogP contribution in [0, 0.1) is 20.8 Å². The monoisotopic (exact) mass is 310 g/mol. The van der Waals surface area contributed by atoms with Crippen LogP contribution in [0.2, 0.25) is 0 Å². The Morgan fingerprint density at radius 1 is 0.957 bits per heavy atom. The summed E-state index contributed by atoms with van der Waals surface area (Å²) in [5.74, 6) is -0.381. The quantitative estimate of drug-likeness (QED) is 0.938. The lowest BCUT2D eigenvalue weighted by Crippen LogP contribution is -2.36. The number of aryl methyl sites for hydroxylation is 3. The maximum atomic E-state index is 12.3. The van der Waals surface area contributed by atoms with Crippen LogP contribution in [0.4, 0.5) is 11.4 Å². The Morgan fingerprint density at radius 3 is 2.17 bits per heavy atom. The van der Waals surface area contributed by atoms with Crippen molar-refractivity contribution in [2.24, 2.45) is 0 Å². The van der Waals surface area contributed by atoms with E-state index in [1.165, 1.54) is 17.4 Å². The van der Waals surface area contributed by atoms with Crippen molar-refractivity contribution >= 4 is 23.2 Å². The van der Waals surface area contributed by atoms with Crippen LogP contribution in [0.25, 0.3) is 0 Å². The van der Waals surface area contributed by atoms with E-state index in [2.05, 4.69) is 5.32 Å². The number of rotatable bonds is 4. The first kappa shape index (κ1) is 16.7. The molecular weight excluding hydrogens is 288 g/mol. The van der Waals surface area contributed by atoms with E-state index in [9.17, 15) is 9.59 Å². The van der Waals surface area contributed by atoms with Crippen molar-refractivity contribution < 1.29 is 9.59 Å². The number of amides is 2. The van der Waals surface area contributed by atoms with Gasteiger partial charge in [0, 0.05) is 18.3 Å². The van der Waals surface area contributed by atoms with Crippen molar-refractivity contribution in [3.63, 3.8) is 0 Å². The summed E-state index contributed by atoms with van der Waals surface area (Å²) in [6.07, 6.45) is 0. The van der Waals surface area contributed by atoms with Crippen molar-refractivity contribution in [1.29, 1.82) is 0 Å². The normalized spacial score (nSPS) is 10.3. The Bertz CT molecular complexity index is 721. The topological polar surface area (TPSA) is 49.4 Å². The van der Waals surface area contributed by atoms with E-state index in [0.717, 1.165) is 22.5 Å². The van der Waals surface area contributed by atoms with Crippen molar-refractivity contribution in [2.75, 3.05) is 16.8 Å². The molecule has 0 aliphatic rings. The molecule has 0 aliphatic carbocycles. The zero-order chi connectivity index (χ0) is 17.0. The summed E-state index contributed by atoms with van der Waals surface area (Å²) in [5.41, 5.74) is 4.86. The molecule has 1 N–H and O–H groups in total. The Kier molecular flexibility index (Phi) is 5.16. The smallest absolute Gasteiger partial charge is 0.244 e. The summed E-state index contributed by atoms with van der Waals surface area (Å²) >= 11 is 0. The minimum Gasteiger partial charge on any atom is -0.325 e. The van der Waals surface area contributed by atoms with Gasteiger partial charge >= 0.3 is 0 Å². The maximum Gasteiger partial charge on any atom is 0.244 e. The molecule has 2 aromatic carbocycles. The van der Waals surface area contributed by atoms with Crippen LogP contribution in [0.1, 0.15) is 23.6 Å². The Labute approximate surface area is 137 Å². The van der Waals surface area contributed by atoms with Gasteiger partial charge in [-0.1, -0.05) is 23.8 Å². The van der Waals surface area contributed by atoms with Gasteiger partial charge in [-0.15, -0.1) is 0 Å². The molecular formula is C19H22N2O2. The Morgan fingerprint density at radius 2 is 1.61 bits per heavy atom. The molecule has 0 spiro atoms. The van der Waals surface area contributed by atoms with Crippen LogP contribution < -0.4 is 10.2 Å². The lowest BCUT2D eigenvalue weighted by Gasteiger charge is -2.21. The third kappa shape index (κ3) is 4.42. The SMILES string of the molecule is CC(=O)N(CC(=O)Nc1ccc(C)c(C)c1)c1ccc(C)cc1. The fourth-order valence-corrected chi connectivity index (χ4v) is 2.27. The van der Waals surface area contributed by atoms with Gasteiger partial charge in [0.1, 0.15) is 6.54 Å². The molecule has 0 atom stereocenters. The van der Waals surface area contributed by atoms with Gasteiger partial charge in [0.25, 0.3) is 0 Å². The van der Waals surface area contributed by atoms with Crippen LogP contribution >= 0.6 is 0 Å². The fraction of sp³-hybridized carbons (Fsp3) is 0.263. The molecule has 0 heterocycles. The summed E-state index contributed by atoms with van der Waals surface area (Å²) in [7, 11) is 0. The summed E-state index contributed by atoms with van der Waals surface area (Å²) in [4.78, 5) is 25.6. The van der Waals surface area contributed by atoms with Crippen molar-refractivity contribution in [2.45, 2.75) is 27.7 Å². The number of carbonyl (C=O) groups excluding carboxylic acids is 2. The van der Waals surface area contributed by atoms with Crippen molar-refractivity contribution in [1.82, 2.24) is 0 Å². The summed E-state index contributed by atoms with van der Waals surface area (Å²) in [5, 5.41) is 2.84. The molecule has 0 saturated carbocycles. The van der Waals surface area contributed by atoms with Gasteiger partial charge in [0.05, 0.1) is 0 Å². The van der Waals surface area contributed by atoms with Gasteiger partial charge in [0.15, 0.2) is 0 Å². The number of anilines is 2. The zero-order valence-electron chi connectivity index (χ0n) is 14.0. The standard InChI is InChI=1S/C19H22N2O2/c1-13-5-9-18(10-6-13)21(16(4)22)12-19(23)20-17-8-7-14(2)15(3)11-17/h5-11H,12H2,1-4H3,(H,20,23). The second-order valence-corrected chi connectivity index (χ2v) is 5.79. The van der Waals surface area contributed by atoms with Crippen molar-refractivity contribution in [3.05, 3.63) is 59.2 Å². The van der Waals surface area contributed by atoms with Crippen LogP contribution in [0.5, 0.6) is 0 Å². The third-order valence-corrected chi connectivity index (χ3v) is 3.82. The molecule has 2 aromatic rings. The number of hydrogen-bond donors (Lipinski definition) is 1. The van der Waals surface area contributed by atoms with E-state index >= 15 is 0 Å². The fourth-order valence-electron chi connectivity index (χ4n) is 2.27. The predicted octanol–water partition coefficient (Wildman–Crippen LogP) is 3.60. The van der Waals surface area contributed by atoms with Gasteiger partial charge in [-0.3, -0.25) is 9.59 Å². The molecule has 0 saturated heterocycles. The van der Waals surface area contributed by atoms with Gasteiger partial charge in [0.2, 0.25) is 11.8 Å². The largest absolute Gasteiger partial charge is 0.325 e. The van der Waals surface area contributed by atoms with Gasteiger partial charge in [-0.05, 0) is 56.2 Å². The number of nitrogens with zero attached hydrogens (tertiary/aromatic N) is 1. The number of hydrogen-bond acceptors (Lipinski definition) is 2. The molecule has 4 heteroatoms. The number of nitrogens with one attached hydrogen (secondary N) is 1. The summed E-state index contributed by atoms with van der Waals surface area (Å²) in [6, 6.07) is 13.3. The maximum absolute atomic E-state index is 12.3. The molecule has 0 aliphatic heterocycles. The van der Waals surface area contributed by atoms with E-state index in [1.54, 1.807) is 0 Å². The highest BCUT2D eigenvalue weighted by Gasteiger charge is 2.15. The minimum atomic E-state index is -0.218. The molecule has 2 rings (SSSR count). The van der Waals surface area contributed by atoms with E-state index in [-0.39, 0.29) is 18.4 Å². The molecule has 23 heavy (non-hydrogen) atoms. The highest BCUT2D eigenvalue weighted by molar-refractivity contribution is 6.01. The zero-order valence-corrected chi connectivity index (χ0v) is 14.0. The highest BCUT2D eigenvalue weighted by atomic mass is 16.2. The molecule has 120 valence electrons. The van der Waals surface area contributed by atoms with Crippen molar-refractivity contribution in [3.8, 4) is 0 Å². The number of carbonyl (C=O) groups is 2. The first-order valence-electron chi connectivity index (χ1n) is 7.58.